The molecule has 0 N–H and O–H groups in total. The summed E-state index contributed by atoms with van der Waals surface area (Å²) in [4.78, 5) is 0. The van der Waals surface area contributed by atoms with Crippen LogP contribution in [0.3, 0.4) is 0 Å². The average Bonchev–Trinajstić information content (AvgIpc) is 2.32. The third kappa shape index (κ3) is 3.95. The molecule has 0 spiro atoms. The van der Waals surface area contributed by atoms with Crippen LogP contribution in [-0.4, -0.2) is 12.5 Å². The Morgan fingerprint density at radius 1 is 1.33 bits per heavy atom. The van der Waals surface area contributed by atoms with E-state index in [1.807, 2.05) is 6.07 Å². The van der Waals surface area contributed by atoms with Crippen molar-refractivity contribution >= 4 is 34.2 Å². The summed E-state index contributed by atoms with van der Waals surface area (Å²) in [6.45, 7) is 0.492. The lowest BCUT2D eigenvalue weighted by Crippen LogP contribution is -2.27. The van der Waals surface area contributed by atoms with Gasteiger partial charge in [-0.1, -0.05) is 11.6 Å². The fourth-order valence-electron chi connectivity index (χ4n) is 2.06. The zero-order valence-electron chi connectivity index (χ0n) is 9.77. The van der Waals surface area contributed by atoms with E-state index in [2.05, 4.69) is 22.6 Å². The van der Waals surface area contributed by atoms with Gasteiger partial charge in [0.1, 0.15) is 5.75 Å². The van der Waals surface area contributed by atoms with Crippen molar-refractivity contribution in [2.75, 3.05) is 6.61 Å². The second kappa shape index (κ2) is 5.90. The molecule has 1 fully saturated rings. The van der Waals surface area contributed by atoms with Crippen LogP contribution in [0.25, 0.3) is 0 Å². The van der Waals surface area contributed by atoms with E-state index < -0.39 is 5.92 Å². The Kier molecular flexibility index (Phi) is 4.69. The molecule has 0 atom stereocenters. The predicted octanol–water partition coefficient (Wildman–Crippen LogP) is 5.15. The van der Waals surface area contributed by atoms with E-state index in [4.69, 9.17) is 16.3 Å². The number of alkyl halides is 2. The molecule has 0 saturated heterocycles. The SMILES string of the molecule is FC1(F)CCC(COc2cc(Cl)ccc2I)CC1. The molecule has 0 aliphatic heterocycles. The lowest BCUT2D eigenvalue weighted by molar-refractivity contribution is -0.0498. The summed E-state index contributed by atoms with van der Waals surface area (Å²) >= 11 is 8.07. The van der Waals surface area contributed by atoms with Crippen LogP contribution in [0.5, 0.6) is 5.75 Å². The van der Waals surface area contributed by atoms with Crippen molar-refractivity contribution in [3.05, 3.63) is 26.8 Å². The minimum absolute atomic E-state index is 0.0202. The number of halogens is 4. The summed E-state index contributed by atoms with van der Waals surface area (Å²) in [5, 5.41) is 0.626. The molecule has 1 saturated carbocycles. The summed E-state index contributed by atoms with van der Waals surface area (Å²) in [5.74, 6) is -1.51. The highest BCUT2D eigenvalue weighted by Crippen LogP contribution is 2.36. The maximum atomic E-state index is 13.0. The molecule has 0 radical (unpaired) electrons. The van der Waals surface area contributed by atoms with E-state index in [9.17, 15) is 8.78 Å². The van der Waals surface area contributed by atoms with Gasteiger partial charge in [-0.25, -0.2) is 8.78 Å². The van der Waals surface area contributed by atoms with Gasteiger partial charge in [-0.15, -0.1) is 0 Å². The van der Waals surface area contributed by atoms with E-state index in [1.165, 1.54) is 0 Å². The molecule has 1 aliphatic carbocycles. The summed E-state index contributed by atoms with van der Waals surface area (Å²) in [7, 11) is 0. The van der Waals surface area contributed by atoms with E-state index in [0.717, 1.165) is 9.32 Å². The summed E-state index contributed by atoms with van der Waals surface area (Å²) < 4.78 is 32.7. The Balaban J connectivity index is 1.87. The van der Waals surface area contributed by atoms with E-state index >= 15 is 0 Å². The lowest BCUT2D eigenvalue weighted by Gasteiger charge is -2.28. The first-order valence-electron chi connectivity index (χ1n) is 5.92. The molecule has 1 aliphatic rings. The summed E-state index contributed by atoms with van der Waals surface area (Å²) in [5.41, 5.74) is 0. The average molecular weight is 387 g/mol. The molecular weight excluding hydrogens is 372 g/mol. The van der Waals surface area contributed by atoms with E-state index in [1.54, 1.807) is 12.1 Å². The maximum Gasteiger partial charge on any atom is 0.248 e. The van der Waals surface area contributed by atoms with Crippen LogP contribution >= 0.6 is 34.2 Å². The van der Waals surface area contributed by atoms with Gasteiger partial charge in [-0.2, -0.15) is 0 Å². The van der Waals surface area contributed by atoms with Gasteiger partial charge in [-0.3, -0.25) is 0 Å². The van der Waals surface area contributed by atoms with Crippen LogP contribution in [0.4, 0.5) is 8.78 Å². The van der Waals surface area contributed by atoms with Crippen molar-refractivity contribution in [1.29, 1.82) is 0 Å². The van der Waals surface area contributed by atoms with Crippen molar-refractivity contribution in [2.45, 2.75) is 31.6 Å². The number of hydrogen-bond donors (Lipinski definition) is 0. The molecule has 1 nitrogen and oxygen atoms in total. The van der Waals surface area contributed by atoms with Crippen LogP contribution in [0.1, 0.15) is 25.7 Å². The van der Waals surface area contributed by atoms with E-state index in [-0.39, 0.29) is 18.8 Å². The number of benzene rings is 1. The summed E-state index contributed by atoms with van der Waals surface area (Å²) in [6.07, 6.45) is 1.02. The summed E-state index contributed by atoms with van der Waals surface area (Å²) in [6, 6.07) is 5.45. The normalized spacial score (nSPS) is 19.8. The highest BCUT2D eigenvalue weighted by atomic mass is 127. The number of hydrogen-bond acceptors (Lipinski definition) is 1. The standard InChI is InChI=1S/C13H14ClF2IO/c14-10-1-2-11(17)12(7-10)18-8-9-3-5-13(15,16)6-4-9/h1-2,7,9H,3-6,8H2. The monoisotopic (exact) mass is 386 g/mol. The maximum absolute atomic E-state index is 13.0. The molecule has 2 rings (SSSR count). The molecule has 0 amide bonds. The Morgan fingerprint density at radius 3 is 2.67 bits per heavy atom. The van der Waals surface area contributed by atoms with Crippen LogP contribution in [0.15, 0.2) is 18.2 Å². The van der Waals surface area contributed by atoms with Crippen LogP contribution in [0.2, 0.25) is 5.02 Å². The molecule has 5 heteroatoms. The van der Waals surface area contributed by atoms with Crippen LogP contribution in [-0.2, 0) is 0 Å². The Labute approximate surface area is 124 Å². The van der Waals surface area contributed by atoms with Gasteiger partial charge in [0.05, 0.1) is 10.2 Å². The zero-order valence-corrected chi connectivity index (χ0v) is 12.7. The van der Waals surface area contributed by atoms with E-state index in [0.29, 0.717) is 24.5 Å². The minimum atomic E-state index is -2.47. The topological polar surface area (TPSA) is 9.23 Å². The predicted molar refractivity (Wildman–Crippen MR) is 76.6 cm³/mol. The molecule has 0 unspecified atom stereocenters. The molecule has 100 valence electrons. The molecule has 1 aromatic rings. The molecular formula is C13H14ClF2IO. The molecule has 1 aromatic carbocycles. The van der Waals surface area contributed by atoms with Gasteiger partial charge < -0.3 is 4.74 Å². The number of rotatable bonds is 3. The quantitative estimate of drug-likeness (QED) is 0.653. The largest absolute Gasteiger partial charge is 0.492 e. The molecule has 18 heavy (non-hydrogen) atoms. The highest BCUT2D eigenvalue weighted by Gasteiger charge is 2.35. The fraction of sp³-hybridized carbons (Fsp3) is 0.538. The van der Waals surface area contributed by atoms with Crippen molar-refractivity contribution < 1.29 is 13.5 Å². The third-order valence-corrected chi connectivity index (χ3v) is 4.33. The highest BCUT2D eigenvalue weighted by molar-refractivity contribution is 14.1. The van der Waals surface area contributed by atoms with Gasteiger partial charge in [0.15, 0.2) is 0 Å². The first kappa shape index (κ1) is 14.3. The van der Waals surface area contributed by atoms with Gasteiger partial charge in [0, 0.05) is 17.9 Å². The molecule has 0 bridgehead atoms. The van der Waals surface area contributed by atoms with Crippen molar-refractivity contribution in [1.82, 2.24) is 0 Å². The van der Waals surface area contributed by atoms with Crippen LogP contribution in [0, 0.1) is 9.49 Å². The van der Waals surface area contributed by atoms with Crippen molar-refractivity contribution in [3.8, 4) is 5.75 Å². The molecule has 0 aromatic heterocycles. The smallest absolute Gasteiger partial charge is 0.248 e. The van der Waals surface area contributed by atoms with Gasteiger partial charge >= 0.3 is 0 Å². The van der Waals surface area contributed by atoms with Gasteiger partial charge in [-0.05, 0) is 59.5 Å². The first-order valence-corrected chi connectivity index (χ1v) is 7.38. The minimum Gasteiger partial charge on any atom is -0.492 e. The van der Waals surface area contributed by atoms with Crippen molar-refractivity contribution in [2.24, 2.45) is 5.92 Å². The Hall–Kier alpha value is -0.100. The Bertz CT molecular complexity index is 415. The second-order valence-corrected chi connectivity index (χ2v) is 6.28. The zero-order chi connectivity index (χ0) is 13.2. The fourth-order valence-corrected chi connectivity index (χ4v) is 2.72. The first-order chi connectivity index (χ1) is 8.46. The Morgan fingerprint density at radius 2 is 2.00 bits per heavy atom. The van der Waals surface area contributed by atoms with Gasteiger partial charge in [0.25, 0.3) is 0 Å². The lowest BCUT2D eigenvalue weighted by atomic mass is 9.87. The third-order valence-electron chi connectivity index (χ3n) is 3.20. The van der Waals surface area contributed by atoms with Gasteiger partial charge in [0.2, 0.25) is 5.92 Å². The molecule has 0 heterocycles. The number of ether oxygens (including phenoxy) is 1. The second-order valence-electron chi connectivity index (χ2n) is 4.69. The van der Waals surface area contributed by atoms with Crippen molar-refractivity contribution in [3.63, 3.8) is 0 Å². The van der Waals surface area contributed by atoms with Crippen LogP contribution < -0.4 is 4.74 Å².